The average Bonchev–Trinajstić information content (AvgIpc) is 3.11. The van der Waals surface area contributed by atoms with Gasteiger partial charge in [0, 0.05) is 43.3 Å². The van der Waals surface area contributed by atoms with E-state index in [1.165, 1.54) is 6.07 Å². The van der Waals surface area contributed by atoms with Crippen molar-refractivity contribution >= 4 is 48.8 Å². The van der Waals surface area contributed by atoms with Crippen LogP contribution < -0.4 is 16.0 Å². The number of carbonyl (C=O) groups excluding carboxylic acids is 1. The molecule has 0 aromatic heterocycles. The molecule has 168 valence electrons. The van der Waals surface area contributed by atoms with Crippen molar-refractivity contribution in [2.75, 3.05) is 44.7 Å². The number of rotatable bonds is 5. The molecule has 0 bridgehead atoms. The van der Waals surface area contributed by atoms with E-state index < -0.39 is 0 Å². The van der Waals surface area contributed by atoms with Crippen molar-refractivity contribution in [2.24, 2.45) is 17.6 Å². The fourth-order valence-electron chi connectivity index (χ4n) is 4.27. The third kappa shape index (κ3) is 6.86. The standard InChI is InChI=1S/C20H31FN4O.3ClH/c1-14(23-20(26)17-5-3-4-15(17)13-22)18-12-16(21)6-7-19(18)25-10-8-24(2)9-11-25;;;/h6-7,12,14-15,17H,3-5,8-11,13,22H2,1-2H3,(H,23,26);3*1H/t14?,15-,17-;;;/m1.../s1. The molecule has 29 heavy (non-hydrogen) atoms. The quantitative estimate of drug-likeness (QED) is 0.691. The summed E-state index contributed by atoms with van der Waals surface area (Å²) in [7, 11) is 2.11. The summed E-state index contributed by atoms with van der Waals surface area (Å²) >= 11 is 0. The molecule has 3 rings (SSSR count). The zero-order valence-corrected chi connectivity index (χ0v) is 19.6. The lowest BCUT2D eigenvalue weighted by Crippen LogP contribution is -2.45. The summed E-state index contributed by atoms with van der Waals surface area (Å²) in [6, 6.07) is 4.68. The molecule has 5 nitrogen and oxygen atoms in total. The zero-order chi connectivity index (χ0) is 18.7. The van der Waals surface area contributed by atoms with Crippen LogP contribution in [-0.4, -0.2) is 50.6 Å². The fraction of sp³-hybridized carbons (Fsp3) is 0.650. The van der Waals surface area contributed by atoms with Gasteiger partial charge in [-0.25, -0.2) is 4.39 Å². The molecule has 2 fully saturated rings. The number of anilines is 1. The number of halogens is 4. The number of amides is 1. The second-order valence-electron chi connectivity index (χ2n) is 7.76. The molecule has 9 heteroatoms. The third-order valence-electron chi connectivity index (χ3n) is 5.96. The highest BCUT2D eigenvalue weighted by Crippen LogP contribution is 2.33. The molecule has 1 aliphatic heterocycles. The number of hydrogen-bond acceptors (Lipinski definition) is 4. The summed E-state index contributed by atoms with van der Waals surface area (Å²) in [6.45, 7) is 6.29. The molecule has 1 heterocycles. The number of piperazine rings is 1. The van der Waals surface area contributed by atoms with Crippen LogP contribution in [0.25, 0.3) is 0 Å². The van der Waals surface area contributed by atoms with E-state index >= 15 is 0 Å². The summed E-state index contributed by atoms with van der Waals surface area (Å²) in [6.07, 6.45) is 2.98. The Morgan fingerprint density at radius 3 is 2.48 bits per heavy atom. The number of benzene rings is 1. The van der Waals surface area contributed by atoms with Crippen molar-refractivity contribution in [1.29, 1.82) is 0 Å². The van der Waals surface area contributed by atoms with Crippen molar-refractivity contribution in [3.63, 3.8) is 0 Å². The van der Waals surface area contributed by atoms with Gasteiger partial charge in [-0.15, -0.1) is 37.2 Å². The van der Waals surface area contributed by atoms with Gasteiger partial charge in [0.1, 0.15) is 5.82 Å². The first kappa shape index (κ1) is 28.2. The number of nitrogens with zero attached hydrogens (tertiary/aromatic N) is 2. The molecule has 1 aliphatic carbocycles. The Kier molecular flexibility index (Phi) is 12.5. The lowest BCUT2D eigenvalue weighted by atomic mass is 9.94. The summed E-state index contributed by atoms with van der Waals surface area (Å²) in [5, 5.41) is 3.12. The van der Waals surface area contributed by atoms with Gasteiger partial charge < -0.3 is 20.9 Å². The monoisotopic (exact) mass is 470 g/mol. The number of hydrogen-bond donors (Lipinski definition) is 2. The van der Waals surface area contributed by atoms with Gasteiger partial charge in [0.05, 0.1) is 6.04 Å². The first-order valence-corrected chi connectivity index (χ1v) is 9.73. The Morgan fingerprint density at radius 2 is 1.86 bits per heavy atom. The minimum Gasteiger partial charge on any atom is -0.369 e. The topological polar surface area (TPSA) is 61.6 Å². The molecule has 1 aromatic carbocycles. The Bertz CT molecular complexity index is 644. The first-order chi connectivity index (χ1) is 12.5. The maximum absolute atomic E-state index is 13.9. The molecular formula is C20H34Cl3FN4O. The van der Waals surface area contributed by atoms with E-state index in [0.717, 1.165) is 56.7 Å². The van der Waals surface area contributed by atoms with Crippen LogP contribution >= 0.6 is 37.2 Å². The van der Waals surface area contributed by atoms with Crippen molar-refractivity contribution in [2.45, 2.75) is 32.2 Å². The molecule has 1 unspecified atom stereocenters. The SMILES string of the molecule is CC(NC(=O)[C@@H]1CCC[C@@H]1CN)c1cc(F)ccc1N1CCN(C)CC1.Cl.Cl.Cl. The fourth-order valence-corrected chi connectivity index (χ4v) is 4.27. The normalized spacial score (nSPS) is 22.7. The van der Waals surface area contributed by atoms with Gasteiger partial charge in [-0.05, 0) is 57.5 Å². The van der Waals surface area contributed by atoms with E-state index in [0.29, 0.717) is 6.54 Å². The van der Waals surface area contributed by atoms with Gasteiger partial charge in [0.2, 0.25) is 5.91 Å². The highest BCUT2D eigenvalue weighted by molar-refractivity contribution is 5.86. The second kappa shape index (κ2) is 12.8. The summed E-state index contributed by atoms with van der Waals surface area (Å²) in [5.41, 5.74) is 7.69. The Morgan fingerprint density at radius 1 is 1.21 bits per heavy atom. The molecule has 3 atom stereocenters. The summed E-state index contributed by atoms with van der Waals surface area (Å²) in [5.74, 6) is 0.0497. The smallest absolute Gasteiger partial charge is 0.223 e. The minimum atomic E-state index is -0.264. The summed E-state index contributed by atoms with van der Waals surface area (Å²) < 4.78 is 13.9. The lowest BCUT2D eigenvalue weighted by Gasteiger charge is -2.36. The molecule has 3 N–H and O–H groups in total. The van der Waals surface area contributed by atoms with Crippen LogP contribution in [0.5, 0.6) is 0 Å². The molecular weight excluding hydrogens is 438 g/mol. The minimum absolute atomic E-state index is 0. The molecule has 1 amide bonds. The predicted molar refractivity (Wildman–Crippen MR) is 124 cm³/mol. The van der Waals surface area contributed by atoms with Crippen LogP contribution in [0.1, 0.15) is 37.8 Å². The van der Waals surface area contributed by atoms with Gasteiger partial charge in [-0.3, -0.25) is 4.79 Å². The van der Waals surface area contributed by atoms with E-state index in [1.54, 1.807) is 6.07 Å². The average molecular weight is 472 g/mol. The van der Waals surface area contributed by atoms with Crippen LogP contribution in [-0.2, 0) is 4.79 Å². The molecule has 0 spiro atoms. The third-order valence-corrected chi connectivity index (χ3v) is 5.96. The van der Waals surface area contributed by atoms with Crippen molar-refractivity contribution < 1.29 is 9.18 Å². The van der Waals surface area contributed by atoms with E-state index in [4.69, 9.17) is 5.73 Å². The van der Waals surface area contributed by atoms with E-state index in [1.807, 2.05) is 13.0 Å². The molecule has 0 radical (unpaired) electrons. The lowest BCUT2D eigenvalue weighted by molar-refractivity contribution is -0.126. The van der Waals surface area contributed by atoms with Crippen LogP contribution in [0.15, 0.2) is 18.2 Å². The Hall–Kier alpha value is -0.790. The van der Waals surface area contributed by atoms with Crippen molar-refractivity contribution in [1.82, 2.24) is 10.2 Å². The van der Waals surface area contributed by atoms with Gasteiger partial charge in [-0.2, -0.15) is 0 Å². The molecule has 2 aliphatic rings. The van der Waals surface area contributed by atoms with Crippen LogP contribution in [0.4, 0.5) is 10.1 Å². The van der Waals surface area contributed by atoms with Gasteiger partial charge in [-0.1, -0.05) is 6.42 Å². The number of likely N-dealkylation sites (N-methyl/N-ethyl adjacent to an activating group) is 1. The maximum Gasteiger partial charge on any atom is 0.223 e. The first-order valence-electron chi connectivity index (χ1n) is 9.73. The zero-order valence-electron chi connectivity index (χ0n) is 17.1. The second-order valence-corrected chi connectivity index (χ2v) is 7.76. The van der Waals surface area contributed by atoms with E-state index in [2.05, 4.69) is 22.2 Å². The summed E-state index contributed by atoms with van der Waals surface area (Å²) in [4.78, 5) is 17.3. The van der Waals surface area contributed by atoms with Crippen molar-refractivity contribution in [3.8, 4) is 0 Å². The Labute approximate surface area is 192 Å². The highest BCUT2D eigenvalue weighted by atomic mass is 35.5. The maximum atomic E-state index is 13.9. The van der Waals surface area contributed by atoms with Gasteiger partial charge in [0.15, 0.2) is 0 Å². The molecule has 1 saturated heterocycles. The van der Waals surface area contributed by atoms with Crippen LogP contribution in [0.3, 0.4) is 0 Å². The Balaban J connectivity index is 0.00000261. The predicted octanol–water partition coefficient (Wildman–Crippen LogP) is 3.40. The highest BCUT2D eigenvalue weighted by Gasteiger charge is 2.33. The van der Waals surface area contributed by atoms with Gasteiger partial charge in [0.25, 0.3) is 0 Å². The number of nitrogens with two attached hydrogens (primary N) is 1. The van der Waals surface area contributed by atoms with E-state index in [9.17, 15) is 9.18 Å². The number of nitrogens with one attached hydrogen (secondary N) is 1. The number of carbonyl (C=O) groups is 1. The van der Waals surface area contributed by atoms with E-state index in [-0.39, 0.29) is 66.8 Å². The molecule has 1 aromatic rings. The van der Waals surface area contributed by atoms with Crippen molar-refractivity contribution in [3.05, 3.63) is 29.6 Å². The van der Waals surface area contributed by atoms with Gasteiger partial charge >= 0.3 is 0 Å². The molecule has 1 saturated carbocycles. The largest absolute Gasteiger partial charge is 0.369 e. The van der Waals surface area contributed by atoms with Crippen LogP contribution in [0, 0.1) is 17.7 Å². The van der Waals surface area contributed by atoms with Crippen LogP contribution in [0.2, 0.25) is 0 Å².